The van der Waals surface area contributed by atoms with Crippen LogP contribution in [-0.4, -0.2) is 29.4 Å². The number of furan rings is 1. The van der Waals surface area contributed by atoms with E-state index in [4.69, 9.17) is 4.42 Å². The van der Waals surface area contributed by atoms with Crippen LogP contribution in [0.3, 0.4) is 0 Å². The van der Waals surface area contributed by atoms with E-state index >= 15 is 0 Å². The number of aromatic amines is 1. The Morgan fingerprint density at radius 1 is 1.05 bits per heavy atom. The van der Waals surface area contributed by atoms with E-state index in [-0.39, 0.29) is 23.2 Å². The lowest BCUT2D eigenvalue weighted by Gasteiger charge is -2.37. The molecule has 7 heteroatoms. The molecule has 41 heavy (non-hydrogen) atoms. The smallest absolute Gasteiger partial charge is 0.255 e. The van der Waals surface area contributed by atoms with Crippen molar-refractivity contribution in [2.24, 2.45) is 0 Å². The third kappa shape index (κ3) is 5.45. The van der Waals surface area contributed by atoms with Crippen LogP contribution < -0.4 is 10.6 Å². The average molecular weight is 556 g/mol. The van der Waals surface area contributed by atoms with Gasteiger partial charge in [-0.25, -0.2) is 4.39 Å². The molecule has 2 aromatic carbocycles. The van der Waals surface area contributed by atoms with Gasteiger partial charge in [-0.05, 0) is 74.1 Å². The molecule has 2 aromatic heterocycles. The second-order valence-electron chi connectivity index (χ2n) is 11.0. The second-order valence-corrected chi connectivity index (χ2v) is 11.0. The summed E-state index contributed by atoms with van der Waals surface area (Å²) in [5, 5.41) is 7.58. The minimum Gasteiger partial charge on any atom is -0.455 e. The summed E-state index contributed by atoms with van der Waals surface area (Å²) in [5.41, 5.74) is 4.71. The van der Waals surface area contributed by atoms with Gasteiger partial charge in [-0.15, -0.1) is 0 Å². The van der Waals surface area contributed by atoms with Crippen molar-refractivity contribution in [2.45, 2.75) is 71.3 Å². The van der Waals surface area contributed by atoms with Crippen LogP contribution in [0, 0.1) is 0 Å². The van der Waals surface area contributed by atoms with Gasteiger partial charge >= 0.3 is 0 Å². The topological polar surface area (TPSA) is 87.1 Å². The van der Waals surface area contributed by atoms with E-state index in [0.717, 1.165) is 54.1 Å². The van der Waals surface area contributed by atoms with E-state index in [2.05, 4.69) is 22.5 Å². The van der Waals surface area contributed by atoms with Crippen molar-refractivity contribution in [3.8, 4) is 11.1 Å². The number of amides is 2. The molecule has 214 valence electrons. The largest absolute Gasteiger partial charge is 0.455 e. The first-order chi connectivity index (χ1) is 19.8. The monoisotopic (exact) mass is 555 g/mol. The first-order valence-electron chi connectivity index (χ1n) is 14.6. The number of hydrogen-bond donors (Lipinski definition) is 3. The molecule has 0 atom stereocenters. The summed E-state index contributed by atoms with van der Waals surface area (Å²) in [6.45, 7) is 5.47. The van der Waals surface area contributed by atoms with E-state index in [9.17, 15) is 14.0 Å². The first kappa shape index (κ1) is 28.4. The Morgan fingerprint density at radius 3 is 2.51 bits per heavy atom. The molecule has 2 heterocycles. The molecular weight excluding hydrogens is 517 g/mol. The fraction of sp³-hybridized carbons (Fsp3) is 0.353. The Bertz CT molecular complexity index is 1660. The summed E-state index contributed by atoms with van der Waals surface area (Å²) >= 11 is 0. The number of aromatic nitrogens is 1. The van der Waals surface area contributed by atoms with E-state index in [1.165, 1.54) is 19.4 Å². The normalized spacial score (nSPS) is 15.8. The number of carbonyl (C=O) groups excluding carboxylic acids is 2. The molecular formula is C34H38FN3O3. The number of benzene rings is 2. The summed E-state index contributed by atoms with van der Waals surface area (Å²) in [7, 11) is 1.58. The molecule has 0 unspecified atom stereocenters. The van der Waals surface area contributed by atoms with Crippen molar-refractivity contribution < 1.29 is 18.4 Å². The molecule has 5 rings (SSSR count). The van der Waals surface area contributed by atoms with Crippen molar-refractivity contribution >= 4 is 39.3 Å². The van der Waals surface area contributed by atoms with Gasteiger partial charge in [-0.3, -0.25) is 9.59 Å². The van der Waals surface area contributed by atoms with Crippen LogP contribution in [-0.2, 0) is 0 Å². The fourth-order valence-corrected chi connectivity index (χ4v) is 6.09. The molecule has 1 aliphatic rings. The van der Waals surface area contributed by atoms with Gasteiger partial charge in [-0.2, -0.15) is 0 Å². The maximum Gasteiger partial charge on any atom is 0.255 e. The van der Waals surface area contributed by atoms with Crippen molar-refractivity contribution in [3.63, 3.8) is 0 Å². The molecule has 1 fully saturated rings. The van der Waals surface area contributed by atoms with Crippen LogP contribution in [0.1, 0.15) is 92.2 Å². The summed E-state index contributed by atoms with van der Waals surface area (Å²) in [4.78, 5) is 30.0. The van der Waals surface area contributed by atoms with Gasteiger partial charge in [0, 0.05) is 40.7 Å². The van der Waals surface area contributed by atoms with E-state index in [1.54, 1.807) is 13.1 Å². The molecule has 0 saturated heterocycles. The fourth-order valence-electron chi connectivity index (χ4n) is 6.09. The van der Waals surface area contributed by atoms with Crippen molar-refractivity contribution in [1.29, 1.82) is 0 Å². The van der Waals surface area contributed by atoms with Crippen molar-refractivity contribution in [2.75, 3.05) is 7.05 Å². The zero-order chi connectivity index (χ0) is 29.1. The van der Waals surface area contributed by atoms with Gasteiger partial charge in [0.05, 0.1) is 16.9 Å². The molecule has 0 spiro atoms. The van der Waals surface area contributed by atoms with Crippen molar-refractivity contribution in [1.82, 2.24) is 15.6 Å². The van der Waals surface area contributed by atoms with Gasteiger partial charge in [-0.1, -0.05) is 51.3 Å². The van der Waals surface area contributed by atoms with E-state index in [0.29, 0.717) is 39.9 Å². The molecule has 6 nitrogen and oxygen atoms in total. The molecule has 4 aromatic rings. The van der Waals surface area contributed by atoms with Gasteiger partial charge < -0.3 is 20.0 Å². The number of allylic oxidation sites excluding steroid dienone is 4. The van der Waals surface area contributed by atoms with Gasteiger partial charge in [0.2, 0.25) is 0 Å². The predicted octanol–water partition coefficient (Wildman–Crippen LogP) is 8.45. The third-order valence-corrected chi connectivity index (χ3v) is 8.44. The second kappa shape index (κ2) is 11.8. The van der Waals surface area contributed by atoms with Crippen LogP contribution in [0.15, 0.2) is 65.0 Å². The zero-order valence-electron chi connectivity index (χ0n) is 24.2. The SMILES string of the molecule is CC/C(=C\C=C(/C)F)c1oc2c(cc(-c3cccc(C(=O)NC4(CC)CCCCC4)c3)c3[nH]ccc32)c1C(=O)NC. The highest BCUT2D eigenvalue weighted by Crippen LogP contribution is 2.41. The minimum absolute atomic E-state index is 0.0648. The maximum atomic E-state index is 13.6. The Kier molecular flexibility index (Phi) is 8.15. The first-order valence-corrected chi connectivity index (χ1v) is 14.6. The highest BCUT2D eigenvalue weighted by molar-refractivity contribution is 6.18. The van der Waals surface area contributed by atoms with E-state index < -0.39 is 0 Å². The average Bonchev–Trinajstić information content (AvgIpc) is 3.62. The number of H-pyrrole nitrogens is 1. The number of hydrogen-bond acceptors (Lipinski definition) is 3. The quantitative estimate of drug-likeness (QED) is 0.191. The molecule has 2 amide bonds. The van der Waals surface area contributed by atoms with E-state index in [1.807, 2.05) is 49.5 Å². The predicted molar refractivity (Wildman–Crippen MR) is 164 cm³/mol. The van der Waals surface area contributed by atoms with Crippen LogP contribution >= 0.6 is 0 Å². The lowest BCUT2D eigenvalue weighted by Crippen LogP contribution is -2.49. The molecule has 0 radical (unpaired) electrons. The van der Waals surface area contributed by atoms with Crippen LogP contribution in [0.4, 0.5) is 4.39 Å². The Hall–Kier alpha value is -4.13. The van der Waals surface area contributed by atoms with Gasteiger partial charge in [0.1, 0.15) is 11.3 Å². The minimum atomic E-state index is -0.332. The van der Waals surface area contributed by atoms with Gasteiger partial charge in [0.15, 0.2) is 0 Å². The van der Waals surface area contributed by atoms with Crippen LogP contribution in [0.25, 0.3) is 38.6 Å². The summed E-state index contributed by atoms with van der Waals surface area (Å²) in [6.07, 6.45) is 11.9. The standard InChI is InChI=1S/C34H38FN3O3/c1-5-22(14-13-21(3)35)30-28(33(40)36-4)27-20-26(29-25(15-18-37-29)31(27)41-30)23-11-10-12-24(19-23)32(39)38-34(6-2)16-8-7-9-17-34/h10-15,18-20,37H,5-9,16-17H2,1-4H3,(H,36,40)(H,38,39)/b21-13+,22-14+. The summed E-state index contributed by atoms with van der Waals surface area (Å²) < 4.78 is 20.0. The summed E-state index contributed by atoms with van der Waals surface area (Å²) in [5.74, 6) is -0.263. The molecule has 1 saturated carbocycles. The van der Waals surface area contributed by atoms with Gasteiger partial charge in [0.25, 0.3) is 11.8 Å². The summed E-state index contributed by atoms with van der Waals surface area (Å²) in [6, 6.07) is 11.5. The van der Waals surface area contributed by atoms with Crippen LogP contribution in [0.2, 0.25) is 0 Å². The number of halogens is 1. The molecule has 0 bridgehead atoms. The molecule has 3 N–H and O–H groups in total. The number of rotatable bonds is 8. The third-order valence-electron chi connectivity index (χ3n) is 8.44. The number of carbonyl (C=O) groups is 2. The molecule has 1 aliphatic carbocycles. The van der Waals surface area contributed by atoms with Crippen molar-refractivity contribution in [3.05, 3.63) is 77.5 Å². The molecule has 0 aliphatic heterocycles. The zero-order valence-corrected chi connectivity index (χ0v) is 24.2. The highest BCUT2D eigenvalue weighted by atomic mass is 19.1. The lowest BCUT2D eigenvalue weighted by molar-refractivity contribution is 0.0863. The Labute approximate surface area is 240 Å². The van der Waals surface area contributed by atoms with Crippen LogP contribution in [0.5, 0.6) is 0 Å². The lowest BCUT2D eigenvalue weighted by atomic mass is 9.79. The maximum absolute atomic E-state index is 13.6. The Morgan fingerprint density at radius 2 is 1.83 bits per heavy atom. The highest BCUT2D eigenvalue weighted by Gasteiger charge is 2.32. The Balaban J connectivity index is 1.65. The number of fused-ring (bicyclic) bond motifs is 3. The number of nitrogens with one attached hydrogen (secondary N) is 3.